The molecule has 166 valence electrons. The molecular formula is C26H29ClN4O. The summed E-state index contributed by atoms with van der Waals surface area (Å²) in [5, 5.41) is 13.7. The van der Waals surface area contributed by atoms with Crippen molar-refractivity contribution >= 4 is 28.1 Å². The largest absolute Gasteiger partial charge is 0.493 e. The second-order valence-corrected chi connectivity index (χ2v) is 10.0. The Kier molecular flexibility index (Phi) is 4.99. The monoisotopic (exact) mass is 448 g/mol. The van der Waals surface area contributed by atoms with Crippen molar-refractivity contribution in [3.63, 3.8) is 0 Å². The molecule has 2 saturated heterocycles. The maximum Gasteiger partial charge on any atom is 0.217 e. The summed E-state index contributed by atoms with van der Waals surface area (Å²) in [5.41, 5.74) is 3.33. The molecule has 32 heavy (non-hydrogen) atoms. The van der Waals surface area contributed by atoms with Gasteiger partial charge in [-0.15, -0.1) is 0 Å². The van der Waals surface area contributed by atoms with Crippen molar-refractivity contribution < 1.29 is 5.11 Å². The zero-order valence-corrected chi connectivity index (χ0v) is 19.1. The van der Waals surface area contributed by atoms with Crippen LogP contribution in [0.3, 0.4) is 0 Å². The minimum atomic E-state index is 0.174. The molecular weight excluding hydrogens is 420 g/mol. The third-order valence-corrected chi connectivity index (χ3v) is 8.20. The van der Waals surface area contributed by atoms with Crippen molar-refractivity contribution in [1.82, 2.24) is 14.9 Å². The molecule has 3 aliphatic heterocycles. The molecule has 0 amide bonds. The van der Waals surface area contributed by atoms with Gasteiger partial charge in [0.25, 0.3) is 0 Å². The molecule has 0 saturated carbocycles. The first kappa shape index (κ1) is 20.3. The van der Waals surface area contributed by atoms with Gasteiger partial charge < -0.3 is 10.0 Å². The lowest BCUT2D eigenvalue weighted by Crippen LogP contribution is -2.38. The van der Waals surface area contributed by atoms with E-state index in [0.29, 0.717) is 12.1 Å². The molecule has 0 radical (unpaired) electrons. The number of aromatic nitrogens is 2. The number of halogens is 1. The summed E-state index contributed by atoms with van der Waals surface area (Å²) in [6.45, 7) is 3.95. The van der Waals surface area contributed by atoms with Crippen molar-refractivity contribution in [3.8, 4) is 5.88 Å². The van der Waals surface area contributed by atoms with Gasteiger partial charge in [0.15, 0.2) is 0 Å². The molecule has 3 aliphatic rings. The van der Waals surface area contributed by atoms with Crippen LogP contribution in [0.25, 0.3) is 10.8 Å². The molecule has 1 N–H and O–H groups in total. The van der Waals surface area contributed by atoms with Crippen molar-refractivity contribution in [1.29, 1.82) is 0 Å². The van der Waals surface area contributed by atoms with Gasteiger partial charge in [-0.1, -0.05) is 35.9 Å². The van der Waals surface area contributed by atoms with Gasteiger partial charge >= 0.3 is 0 Å². The minimum absolute atomic E-state index is 0.174. The zero-order chi connectivity index (χ0) is 21.7. The molecule has 2 aromatic carbocycles. The quantitative estimate of drug-likeness (QED) is 0.600. The fourth-order valence-corrected chi connectivity index (χ4v) is 6.57. The summed E-state index contributed by atoms with van der Waals surface area (Å²) in [5.74, 6) is 0.958. The first-order valence-corrected chi connectivity index (χ1v) is 12.3. The number of benzene rings is 2. The van der Waals surface area contributed by atoms with E-state index >= 15 is 0 Å². The topological polar surface area (TPSA) is 52.5 Å². The summed E-state index contributed by atoms with van der Waals surface area (Å²) >= 11 is 6.58. The Bertz CT molecular complexity index is 1160. The average Bonchev–Trinajstić information content (AvgIpc) is 3.38. The molecule has 0 unspecified atom stereocenters. The average molecular weight is 449 g/mol. The van der Waals surface area contributed by atoms with E-state index in [-0.39, 0.29) is 5.88 Å². The van der Waals surface area contributed by atoms with Gasteiger partial charge in [0.05, 0.1) is 17.3 Å². The maximum absolute atomic E-state index is 10.7. The maximum atomic E-state index is 10.7. The molecule has 5 nitrogen and oxygen atoms in total. The Morgan fingerprint density at radius 3 is 2.59 bits per heavy atom. The Labute approximate surface area is 194 Å². The van der Waals surface area contributed by atoms with Crippen LogP contribution in [0.4, 0.5) is 5.69 Å². The lowest BCUT2D eigenvalue weighted by Gasteiger charge is -2.33. The van der Waals surface area contributed by atoms with E-state index in [1.54, 1.807) is 0 Å². The van der Waals surface area contributed by atoms with Crippen LogP contribution < -0.4 is 4.90 Å². The predicted octanol–water partition coefficient (Wildman–Crippen LogP) is 5.11. The molecule has 3 aromatic rings. The summed E-state index contributed by atoms with van der Waals surface area (Å²) < 4.78 is 0. The molecule has 2 fully saturated rings. The first-order chi connectivity index (χ1) is 15.6. The normalized spacial score (nSPS) is 20.0. The van der Waals surface area contributed by atoms with Gasteiger partial charge in [-0.05, 0) is 69.1 Å². The van der Waals surface area contributed by atoms with Gasteiger partial charge in [-0.3, -0.25) is 4.90 Å². The van der Waals surface area contributed by atoms with Crippen LogP contribution in [0.1, 0.15) is 49.2 Å². The van der Waals surface area contributed by atoms with Crippen molar-refractivity contribution in [2.24, 2.45) is 0 Å². The summed E-state index contributed by atoms with van der Waals surface area (Å²) in [7, 11) is 0. The number of fused-ring (bicyclic) bond motifs is 3. The molecule has 0 atom stereocenters. The highest BCUT2D eigenvalue weighted by atomic mass is 35.5. The highest BCUT2D eigenvalue weighted by molar-refractivity contribution is 6.36. The highest BCUT2D eigenvalue weighted by Gasteiger charge is 2.43. The number of rotatable bonds is 4. The molecule has 4 heterocycles. The third kappa shape index (κ3) is 3.34. The van der Waals surface area contributed by atoms with Gasteiger partial charge in [0.2, 0.25) is 5.88 Å². The van der Waals surface area contributed by atoms with Crippen LogP contribution in [0, 0.1) is 0 Å². The molecule has 6 heteroatoms. The van der Waals surface area contributed by atoms with Gasteiger partial charge in [-0.25, -0.2) is 4.98 Å². The summed E-state index contributed by atoms with van der Waals surface area (Å²) in [4.78, 5) is 14.5. The van der Waals surface area contributed by atoms with E-state index in [9.17, 15) is 5.11 Å². The number of anilines is 1. The van der Waals surface area contributed by atoms with Crippen LogP contribution in [0.2, 0.25) is 5.02 Å². The smallest absolute Gasteiger partial charge is 0.217 e. The Balaban J connectivity index is 1.28. The second-order valence-electron chi connectivity index (χ2n) is 9.59. The lowest BCUT2D eigenvalue weighted by molar-refractivity contribution is 0.181. The number of nitrogens with zero attached hydrogens (tertiary/aromatic N) is 4. The van der Waals surface area contributed by atoms with Gasteiger partial charge in [0, 0.05) is 35.1 Å². The molecule has 6 rings (SSSR count). The van der Waals surface area contributed by atoms with Crippen LogP contribution >= 0.6 is 11.6 Å². The summed E-state index contributed by atoms with van der Waals surface area (Å²) in [6.07, 6.45) is 7.85. The number of hydrogen-bond donors (Lipinski definition) is 1. The van der Waals surface area contributed by atoms with Crippen LogP contribution in [-0.2, 0) is 19.4 Å². The Hall–Kier alpha value is -2.37. The number of hydrogen-bond acceptors (Lipinski definition) is 5. The standard InChI is InChI=1S/C26H29ClN4O/c27-20-7-1-5-18-6-2-8-22(24(18)20)30-16-10-19-21(17-30)28-23(29-25(19)32)9-13-26-11-3-14-31(26)15-4-12-26/h1-2,5-8H,3-4,9-17H2,(H,28,29,32). The minimum Gasteiger partial charge on any atom is -0.493 e. The van der Waals surface area contributed by atoms with Crippen molar-refractivity contribution in [2.75, 3.05) is 24.5 Å². The first-order valence-electron chi connectivity index (χ1n) is 11.9. The van der Waals surface area contributed by atoms with Gasteiger partial charge in [0.1, 0.15) is 5.82 Å². The lowest BCUT2D eigenvalue weighted by atomic mass is 9.88. The highest BCUT2D eigenvalue weighted by Crippen LogP contribution is 2.42. The predicted molar refractivity (Wildman–Crippen MR) is 129 cm³/mol. The fourth-order valence-electron chi connectivity index (χ4n) is 6.30. The van der Waals surface area contributed by atoms with Crippen molar-refractivity contribution in [3.05, 3.63) is 58.5 Å². The fraction of sp³-hybridized carbons (Fsp3) is 0.462. The molecule has 0 spiro atoms. The van der Waals surface area contributed by atoms with E-state index in [0.717, 1.165) is 64.4 Å². The Morgan fingerprint density at radius 2 is 1.78 bits per heavy atom. The number of aromatic hydroxyl groups is 1. The molecule has 0 bridgehead atoms. The van der Waals surface area contributed by atoms with E-state index in [1.807, 2.05) is 12.1 Å². The van der Waals surface area contributed by atoms with E-state index in [4.69, 9.17) is 16.6 Å². The molecule has 0 aliphatic carbocycles. The zero-order valence-electron chi connectivity index (χ0n) is 18.4. The van der Waals surface area contributed by atoms with Crippen LogP contribution in [0.5, 0.6) is 5.88 Å². The van der Waals surface area contributed by atoms with E-state index in [2.05, 4.69) is 39.0 Å². The summed E-state index contributed by atoms with van der Waals surface area (Å²) in [6, 6.07) is 12.4. The van der Waals surface area contributed by atoms with Crippen molar-refractivity contribution in [2.45, 2.75) is 57.0 Å². The number of aryl methyl sites for hydroxylation is 1. The van der Waals surface area contributed by atoms with Gasteiger partial charge in [-0.2, -0.15) is 4.98 Å². The molecule has 1 aromatic heterocycles. The van der Waals surface area contributed by atoms with Crippen LogP contribution in [0.15, 0.2) is 36.4 Å². The second kappa shape index (κ2) is 7.89. The SMILES string of the molecule is Oc1nc(CCC23CCCN2CCC3)nc2c1CCN(c1cccc3cccc(Cl)c13)C2. The third-order valence-electron chi connectivity index (χ3n) is 7.89. The van der Waals surface area contributed by atoms with E-state index in [1.165, 1.54) is 38.8 Å². The Morgan fingerprint density at radius 1 is 1.00 bits per heavy atom. The van der Waals surface area contributed by atoms with Crippen LogP contribution in [-0.4, -0.2) is 45.1 Å². The van der Waals surface area contributed by atoms with E-state index < -0.39 is 0 Å².